The summed E-state index contributed by atoms with van der Waals surface area (Å²) >= 11 is 1.57. The molecule has 20 heavy (non-hydrogen) atoms. The summed E-state index contributed by atoms with van der Waals surface area (Å²) in [5, 5.41) is 7.39. The van der Waals surface area contributed by atoms with Crippen LogP contribution in [0.2, 0.25) is 0 Å². The lowest BCUT2D eigenvalue weighted by Crippen LogP contribution is -2.23. The zero-order valence-electron chi connectivity index (χ0n) is 11.0. The molecule has 3 rings (SSSR count). The largest absolute Gasteiger partial charge is 0.339 e. The molecule has 1 aromatic carbocycles. The maximum atomic E-state index is 12.8. The van der Waals surface area contributed by atoms with E-state index in [9.17, 15) is 4.39 Å². The number of benzene rings is 1. The molecule has 1 aliphatic rings. The summed E-state index contributed by atoms with van der Waals surface area (Å²) in [6.07, 6.45) is 3.18. The Morgan fingerprint density at radius 3 is 2.95 bits per heavy atom. The van der Waals surface area contributed by atoms with Crippen molar-refractivity contribution in [1.82, 2.24) is 15.5 Å². The van der Waals surface area contributed by atoms with Crippen LogP contribution in [0.5, 0.6) is 0 Å². The molecular weight excluding hydrogens is 277 g/mol. The van der Waals surface area contributed by atoms with E-state index in [0.717, 1.165) is 17.9 Å². The Bertz CT molecular complexity index is 552. The van der Waals surface area contributed by atoms with Crippen LogP contribution in [0.25, 0.3) is 0 Å². The van der Waals surface area contributed by atoms with Crippen molar-refractivity contribution in [3.63, 3.8) is 0 Å². The van der Waals surface area contributed by atoms with E-state index in [0.29, 0.717) is 23.5 Å². The van der Waals surface area contributed by atoms with Gasteiger partial charge < -0.3 is 9.84 Å². The van der Waals surface area contributed by atoms with Crippen LogP contribution in [-0.4, -0.2) is 22.7 Å². The average Bonchev–Trinajstić information content (AvgIpc) is 3.11. The van der Waals surface area contributed by atoms with Crippen LogP contribution in [0.15, 0.2) is 33.7 Å². The van der Waals surface area contributed by atoms with Gasteiger partial charge in [-0.3, -0.25) is 0 Å². The fourth-order valence-corrected chi connectivity index (χ4v) is 2.99. The van der Waals surface area contributed by atoms with Crippen molar-refractivity contribution < 1.29 is 8.91 Å². The SMILES string of the molecule is Fc1ccc(SCc2noc(CC3CCCN3)n2)cc1. The van der Waals surface area contributed by atoms with Gasteiger partial charge in [0, 0.05) is 17.4 Å². The average molecular weight is 293 g/mol. The number of halogens is 1. The van der Waals surface area contributed by atoms with Gasteiger partial charge in [0.25, 0.3) is 0 Å². The highest BCUT2D eigenvalue weighted by Gasteiger charge is 2.18. The van der Waals surface area contributed by atoms with Crippen LogP contribution in [0.1, 0.15) is 24.6 Å². The lowest BCUT2D eigenvalue weighted by atomic mass is 10.2. The van der Waals surface area contributed by atoms with Crippen molar-refractivity contribution in [1.29, 1.82) is 0 Å². The van der Waals surface area contributed by atoms with Gasteiger partial charge in [-0.15, -0.1) is 11.8 Å². The molecule has 1 atom stereocenters. The third kappa shape index (κ3) is 3.58. The molecule has 1 unspecified atom stereocenters. The second-order valence-corrected chi connectivity index (χ2v) is 5.89. The molecule has 106 valence electrons. The summed E-state index contributed by atoms with van der Waals surface area (Å²) < 4.78 is 18.1. The standard InChI is InChI=1S/C14H16FN3OS/c15-10-3-5-12(6-4-10)20-9-13-17-14(19-18-13)8-11-2-1-7-16-11/h3-6,11,16H,1-2,7-9H2. The molecule has 2 aromatic rings. The van der Waals surface area contributed by atoms with Gasteiger partial charge in [-0.2, -0.15) is 4.98 Å². The van der Waals surface area contributed by atoms with Crippen LogP contribution in [0.3, 0.4) is 0 Å². The van der Waals surface area contributed by atoms with E-state index >= 15 is 0 Å². The fourth-order valence-electron chi connectivity index (χ4n) is 2.25. The van der Waals surface area contributed by atoms with Crippen molar-refractivity contribution in [3.8, 4) is 0 Å². The minimum Gasteiger partial charge on any atom is -0.339 e. The summed E-state index contributed by atoms with van der Waals surface area (Å²) in [7, 11) is 0. The Morgan fingerprint density at radius 1 is 1.35 bits per heavy atom. The van der Waals surface area contributed by atoms with Gasteiger partial charge >= 0.3 is 0 Å². The van der Waals surface area contributed by atoms with Gasteiger partial charge in [-0.05, 0) is 43.7 Å². The summed E-state index contributed by atoms with van der Waals surface area (Å²) in [5.41, 5.74) is 0. The van der Waals surface area contributed by atoms with E-state index in [1.807, 2.05) is 0 Å². The molecule has 1 fully saturated rings. The van der Waals surface area contributed by atoms with E-state index in [1.165, 1.54) is 25.0 Å². The van der Waals surface area contributed by atoms with Gasteiger partial charge in [-0.25, -0.2) is 4.39 Å². The van der Waals surface area contributed by atoms with E-state index in [1.54, 1.807) is 23.9 Å². The number of rotatable bonds is 5. The van der Waals surface area contributed by atoms with E-state index in [2.05, 4.69) is 15.5 Å². The van der Waals surface area contributed by atoms with Crippen molar-refractivity contribution >= 4 is 11.8 Å². The Kier molecular flexibility index (Phi) is 4.32. The number of nitrogens with zero attached hydrogens (tertiary/aromatic N) is 2. The fraction of sp³-hybridized carbons (Fsp3) is 0.429. The van der Waals surface area contributed by atoms with Crippen LogP contribution < -0.4 is 5.32 Å². The second kappa shape index (κ2) is 6.37. The third-order valence-corrected chi connectivity index (χ3v) is 4.28. The molecule has 6 heteroatoms. The molecule has 0 aliphatic carbocycles. The Hall–Kier alpha value is -1.40. The van der Waals surface area contributed by atoms with Gasteiger partial charge in [0.1, 0.15) is 5.82 Å². The summed E-state index contributed by atoms with van der Waals surface area (Å²) in [5.74, 6) is 1.79. The highest BCUT2D eigenvalue weighted by molar-refractivity contribution is 7.98. The molecule has 4 nitrogen and oxygen atoms in total. The molecule has 0 saturated carbocycles. The smallest absolute Gasteiger partial charge is 0.228 e. The topological polar surface area (TPSA) is 51.0 Å². The first kappa shape index (κ1) is 13.6. The monoisotopic (exact) mass is 293 g/mol. The van der Waals surface area contributed by atoms with Crippen molar-refractivity contribution in [3.05, 3.63) is 41.8 Å². The lowest BCUT2D eigenvalue weighted by molar-refractivity contribution is 0.361. The van der Waals surface area contributed by atoms with Crippen LogP contribution in [0.4, 0.5) is 4.39 Å². The molecule has 0 amide bonds. The predicted molar refractivity (Wildman–Crippen MR) is 75.0 cm³/mol. The van der Waals surface area contributed by atoms with E-state index < -0.39 is 0 Å². The van der Waals surface area contributed by atoms with Gasteiger partial charge in [0.2, 0.25) is 5.89 Å². The van der Waals surface area contributed by atoms with Gasteiger partial charge in [-0.1, -0.05) is 5.16 Å². The van der Waals surface area contributed by atoms with Crippen LogP contribution in [-0.2, 0) is 12.2 Å². The number of nitrogens with one attached hydrogen (secondary N) is 1. The van der Waals surface area contributed by atoms with Crippen molar-refractivity contribution in [2.45, 2.75) is 36.0 Å². The molecular formula is C14H16FN3OS. The number of aromatic nitrogens is 2. The molecule has 2 heterocycles. The number of thioether (sulfide) groups is 1. The molecule has 0 spiro atoms. The zero-order valence-corrected chi connectivity index (χ0v) is 11.8. The van der Waals surface area contributed by atoms with Crippen LogP contribution in [0, 0.1) is 5.82 Å². The third-order valence-electron chi connectivity index (χ3n) is 3.28. The Morgan fingerprint density at radius 2 is 2.20 bits per heavy atom. The lowest BCUT2D eigenvalue weighted by Gasteiger charge is -2.04. The quantitative estimate of drug-likeness (QED) is 0.859. The summed E-state index contributed by atoms with van der Waals surface area (Å²) in [4.78, 5) is 5.39. The second-order valence-electron chi connectivity index (χ2n) is 4.84. The highest BCUT2D eigenvalue weighted by Crippen LogP contribution is 2.22. The maximum Gasteiger partial charge on any atom is 0.228 e. The first-order valence-electron chi connectivity index (χ1n) is 6.73. The summed E-state index contributed by atoms with van der Waals surface area (Å²) in [6, 6.07) is 6.88. The molecule has 0 bridgehead atoms. The summed E-state index contributed by atoms with van der Waals surface area (Å²) in [6.45, 7) is 1.08. The molecule has 1 aromatic heterocycles. The number of hydrogen-bond donors (Lipinski definition) is 1. The first-order valence-corrected chi connectivity index (χ1v) is 7.71. The Balaban J connectivity index is 1.52. The number of hydrogen-bond acceptors (Lipinski definition) is 5. The molecule has 1 saturated heterocycles. The molecule has 1 aliphatic heterocycles. The van der Waals surface area contributed by atoms with Crippen molar-refractivity contribution in [2.24, 2.45) is 0 Å². The molecule has 0 radical (unpaired) electrons. The Labute approximate surface area is 121 Å². The van der Waals surface area contributed by atoms with Gasteiger partial charge in [0.05, 0.1) is 5.75 Å². The predicted octanol–water partition coefficient (Wildman–Crippen LogP) is 2.80. The van der Waals surface area contributed by atoms with Gasteiger partial charge in [0.15, 0.2) is 5.82 Å². The normalized spacial score (nSPS) is 18.6. The minimum atomic E-state index is -0.222. The van der Waals surface area contributed by atoms with Crippen LogP contribution >= 0.6 is 11.8 Å². The van der Waals surface area contributed by atoms with E-state index in [-0.39, 0.29) is 5.82 Å². The van der Waals surface area contributed by atoms with E-state index in [4.69, 9.17) is 4.52 Å². The van der Waals surface area contributed by atoms with Crippen molar-refractivity contribution in [2.75, 3.05) is 6.54 Å². The molecule has 1 N–H and O–H groups in total. The highest BCUT2D eigenvalue weighted by atomic mass is 32.2. The minimum absolute atomic E-state index is 0.222. The first-order chi connectivity index (χ1) is 9.79. The maximum absolute atomic E-state index is 12.8. The zero-order chi connectivity index (χ0) is 13.8.